The van der Waals surface area contributed by atoms with E-state index in [9.17, 15) is 10.1 Å². The molecule has 0 aromatic heterocycles. The number of aliphatic imine (C=N–C) groups is 1. The molecule has 0 saturated carbocycles. The van der Waals surface area contributed by atoms with Crippen LogP contribution < -0.4 is 15.4 Å². The van der Waals surface area contributed by atoms with Gasteiger partial charge in [-0.05, 0) is 47.7 Å². The smallest absolute Gasteiger partial charge is 0.162 e. The molecule has 3 aromatic carbocycles. The molecule has 6 nitrogen and oxygen atoms in total. The van der Waals surface area contributed by atoms with Gasteiger partial charge in [-0.1, -0.05) is 54.6 Å². The molecule has 2 heterocycles. The van der Waals surface area contributed by atoms with Crippen molar-refractivity contribution in [3.8, 4) is 11.8 Å². The first-order valence-corrected chi connectivity index (χ1v) is 11.9. The molecule has 2 N–H and O–H groups in total. The number of carbonyl (C=O) groups excluding carboxylic acids is 1. The first-order chi connectivity index (χ1) is 17.6. The topological polar surface area (TPSA) is 91.7 Å². The summed E-state index contributed by atoms with van der Waals surface area (Å²) in [5.41, 5.74) is 12.0. The maximum atomic E-state index is 13.9. The minimum absolute atomic E-state index is 0.0364. The van der Waals surface area contributed by atoms with E-state index in [0.29, 0.717) is 41.4 Å². The zero-order valence-electron chi connectivity index (χ0n) is 19.8. The standard InChI is InChI=1S/C30H24N4O2/c1-36-21-13-11-19(12-14-21)27-23(17-31)30-33-29(32)22-9-5-6-10-24(22)34(30)25-15-20(16-26(35)28(25)27)18-7-3-2-4-8-18/h2-14,20,27H,15-16H2,1H3,(H2,32,33)/t20-,27+/m1/s1. The largest absolute Gasteiger partial charge is 0.497 e. The molecule has 6 heteroatoms. The number of nitriles is 1. The van der Waals surface area contributed by atoms with Crippen molar-refractivity contribution in [2.75, 3.05) is 12.0 Å². The number of ketones is 1. The van der Waals surface area contributed by atoms with Crippen LogP contribution in [-0.2, 0) is 4.79 Å². The van der Waals surface area contributed by atoms with E-state index in [1.807, 2.05) is 71.6 Å². The van der Waals surface area contributed by atoms with Gasteiger partial charge in [0.15, 0.2) is 11.6 Å². The number of Topliss-reactive ketones (excluding diaryl/α,β-unsaturated/α-hetero) is 1. The number of methoxy groups -OCH3 is 1. The average molecular weight is 473 g/mol. The fourth-order valence-corrected chi connectivity index (χ4v) is 5.61. The molecule has 0 amide bonds. The summed E-state index contributed by atoms with van der Waals surface area (Å²) in [7, 11) is 1.61. The van der Waals surface area contributed by atoms with Gasteiger partial charge in [-0.15, -0.1) is 0 Å². The molecule has 0 bridgehead atoms. The fraction of sp³-hybridized carbons (Fsp3) is 0.167. The summed E-state index contributed by atoms with van der Waals surface area (Å²) in [6.45, 7) is 0. The molecule has 3 aromatic rings. The Balaban J connectivity index is 1.60. The molecule has 2 aliphatic heterocycles. The molecule has 1 aliphatic carbocycles. The maximum Gasteiger partial charge on any atom is 0.162 e. The molecule has 0 radical (unpaired) electrons. The summed E-state index contributed by atoms with van der Waals surface area (Å²) in [5, 5.41) is 10.4. The molecular formula is C30H24N4O2. The van der Waals surface area contributed by atoms with Gasteiger partial charge < -0.3 is 10.5 Å². The Hall–Kier alpha value is -4.63. The predicted molar refractivity (Wildman–Crippen MR) is 138 cm³/mol. The summed E-state index contributed by atoms with van der Waals surface area (Å²) < 4.78 is 5.34. The highest BCUT2D eigenvalue weighted by molar-refractivity contribution is 6.08. The van der Waals surface area contributed by atoms with Gasteiger partial charge >= 0.3 is 0 Å². The first-order valence-electron chi connectivity index (χ1n) is 11.9. The van der Waals surface area contributed by atoms with E-state index in [2.05, 4.69) is 18.2 Å². The van der Waals surface area contributed by atoms with Crippen molar-refractivity contribution in [1.29, 1.82) is 5.26 Å². The van der Waals surface area contributed by atoms with E-state index >= 15 is 0 Å². The summed E-state index contributed by atoms with van der Waals surface area (Å²) in [6, 6.07) is 27.8. The van der Waals surface area contributed by atoms with Crippen molar-refractivity contribution in [3.63, 3.8) is 0 Å². The zero-order chi connectivity index (χ0) is 24.8. The van der Waals surface area contributed by atoms with Crippen LogP contribution in [0.3, 0.4) is 0 Å². The van der Waals surface area contributed by atoms with Crippen molar-refractivity contribution in [2.45, 2.75) is 24.7 Å². The van der Waals surface area contributed by atoms with Crippen LogP contribution in [0.5, 0.6) is 5.75 Å². The predicted octanol–water partition coefficient (Wildman–Crippen LogP) is 5.15. The summed E-state index contributed by atoms with van der Waals surface area (Å²) >= 11 is 0. The van der Waals surface area contributed by atoms with E-state index in [4.69, 9.17) is 15.5 Å². The Labute approximate surface area is 209 Å². The van der Waals surface area contributed by atoms with Crippen LogP contribution in [0.2, 0.25) is 0 Å². The second kappa shape index (κ2) is 8.54. The van der Waals surface area contributed by atoms with Crippen molar-refractivity contribution < 1.29 is 9.53 Å². The van der Waals surface area contributed by atoms with Gasteiger partial charge in [-0.2, -0.15) is 5.26 Å². The molecular weight excluding hydrogens is 448 g/mol. The van der Waals surface area contributed by atoms with E-state index in [0.717, 1.165) is 28.1 Å². The number of ether oxygens (including phenoxy) is 1. The lowest BCUT2D eigenvalue weighted by atomic mass is 9.71. The van der Waals surface area contributed by atoms with Gasteiger partial charge in [0.2, 0.25) is 0 Å². The van der Waals surface area contributed by atoms with Crippen molar-refractivity contribution in [2.24, 2.45) is 10.7 Å². The molecule has 3 aliphatic rings. The Morgan fingerprint density at radius 2 is 1.69 bits per heavy atom. The SMILES string of the molecule is COc1ccc([C@H]2C(C#N)=C3N=C(N)c4ccccc4N3C3=C2C(=O)C[C@H](c2ccccc2)C3)cc1. The number of rotatable bonds is 3. The van der Waals surface area contributed by atoms with Crippen molar-refractivity contribution in [3.05, 3.63) is 118 Å². The average Bonchev–Trinajstić information content (AvgIpc) is 2.92. The molecule has 176 valence electrons. The van der Waals surface area contributed by atoms with Gasteiger partial charge in [0.25, 0.3) is 0 Å². The molecule has 0 saturated heterocycles. The molecule has 2 atom stereocenters. The van der Waals surface area contributed by atoms with E-state index < -0.39 is 5.92 Å². The lowest BCUT2D eigenvalue weighted by Gasteiger charge is -2.43. The molecule has 0 fully saturated rings. The zero-order valence-corrected chi connectivity index (χ0v) is 19.8. The highest BCUT2D eigenvalue weighted by Gasteiger charge is 2.45. The number of anilines is 1. The quantitative estimate of drug-likeness (QED) is 0.569. The van der Waals surface area contributed by atoms with E-state index in [1.54, 1.807) is 7.11 Å². The second-order valence-electron chi connectivity index (χ2n) is 9.20. The van der Waals surface area contributed by atoms with Crippen LogP contribution in [0.4, 0.5) is 5.69 Å². The lowest BCUT2D eigenvalue weighted by molar-refractivity contribution is -0.116. The van der Waals surface area contributed by atoms with E-state index in [-0.39, 0.29) is 11.7 Å². The van der Waals surface area contributed by atoms with Crippen molar-refractivity contribution >= 4 is 17.3 Å². The number of benzene rings is 3. The number of allylic oxidation sites excluding steroid dienone is 3. The summed E-state index contributed by atoms with van der Waals surface area (Å²) in [4.78, 5) is 20.7. The molecule has 0 unspecified atom stereocenters. The second-order valence-corrected chi connectivity index (χ2v) is 9.20. The number of amidine groups is 1. The van der Waals surface area contributed by atoms with Crippen LogP contribution >= 0.6 is 0 Å². The van der Waals surface area contributed by atoms with Gasteiger partial charge in [0, 0.05) is 23.3 Å². The van der Waals surface area contributed by atoms with Crippen LogP contribution in [0.25, 0.3) is 0 Å². The minimum Gasteiger partial charge on any atom is -0.497 e. The number of nitrogens with two attached hydrogens (primary N) is 1. The van der Waals surface area contributed by atoms with Crippen LogP contribution in [0.15, 0.2) is 107 Å². The highest BCUT2D eigenvalue weighted by Crippen LogP contribution is 2.51. The number of fused-ring (bicyclic) bond motifs is 4. The number of para-hydroxylation sites is 1. The normalized spacial score (nSPS) is 20.7. The third-order valence-corrected chi connectivity index (χ3v) is 7.27. The molecule has 0 spiro atoms. The van der Waals surface area contributed by atoms with E-state index in [1.165, 1.54) is 0 Å². The number of carbonyl (C=O) groups is 1. The first kappa shape index (κ1) is 21.9. The Morgan fingerprint density at radius 1 is 0.972 bits per heavy atom. The lowest BCUT2D eigenvalue weighted by Crippen LogP contribution is -2.40. The molecule has 36 heavy (non-hydrogen) atoms. The van der Waals surface area contributed by atoms with Gasteiger partial charge in [-0.25, -0.2) is 4.99 Å². The fourth-order valence-electron chi connectivity index (χ4n) is 5.61. The summed E-state index contributed by atoms with van der Waals surface area (Å²) in [6.07, 6.45) is 1.05. The minimum atomic E-state index is -0.520. The third-order valence-electron chi connectivity index (χ3n) is 7.27. The maximum absolute atomic E-state index is 13.9. The Kier molecular flexibility index (Phi) is 5.19. The number of hydrogen-bond donors (Lipinski definition) is 1. The highest BCUT2D eigenvalue weighted by atomic mass is 16.5. The number of nitrogens with zero attached hydrogens (tertiary/aromatic N) is 3. The van der Waals surface area contributed by atoms with Crippen LogP contribution in [0.1, 0.15) is 41.4 Å². The summed E-state index contributed by atoms with van der Waals surface area (Å²) in [5.74, 6) is 1.14. The third kappa shape index (κ3) is 3.32. The van der Waals surface area contributed by atoms with Crippen molar-refractivity contribution in [1.82, 2.24) is 0 Å². The number of hydrogen-bond acceptors (Lipinski definition) is 6. The van der Waals surface area contributed by atoms with Gasteiger partial charge in [-0.3, -0.25) is 9.69 Å². The molecule has 6 rings (SSSR count). The van der Waals surface area contributed by atoms with Crippen LogP contribution in [-0.4, -0.2) is 18.7 Å². The van der Waals surface area contributed by atoms with Gasteiger partial charge in [0.1, 0.15) is 11.6 Å². The monoisotopic (exact) mass is 472 g/mol. The van der Waals surface area contributed by atoms with Gasteiger partial charge in [0.05, 0.1) is 30.4 Å². The van der Waals surface area contributed by atoms with Crippen LogP contribution in [0, 0.1) is 11.3 Å². The Morgan fingerprint density at radius 3 is 2.42 bits per heavy atom. The Bertz CT molecular complexity index is 1510.